The maximum absolute atomic E-state index is 12.9. The van der Waals surface area contributed by atoms with Gasteiger partial charge in [-0.05, 0) is 47.5 Å². The molecule has 0 heterocycles. The molecule has 0 aromatic heterocycles. The highest BCUT2D eigenvalue weighted by molar-refractivity contribution is 7.92. The topological polar surface area (TPSA) is 84.9 Å². The molecule has 0 spiro atoms. The van der Waals surface area contributed by atoms with Gasteiger partial charge in [-0.25, -0.2) is 8.42 Å². The van der Waals surface area contributed by atoms with Gasteiger partial charge in [0.1, 0.15) is 24.1 Å². The Morgan fingerprint density at radius 2 is 1.82 bits per heavy atom. The van der Waals surface area contributed by atoms with Crippen LogP contribution in [0, 0.1) is 0 Å². The standard InChI is InChI=1S/C24H27ClN2O5S/c1-4-22(27(33(3,29)30)19-10-12-23(31-2)21(25)16-19)24(28)26-13-14-32-20-11-9-17-7-5-6-8-18(17)15-20/h5-12,15-16,22H,4,13-14H2,1-3H3,(H,26,28)/t22-/m1/s1. The Balaban J connectivity index is 1.66. The lowest BCUT2D eigenvalue weighted by Crippen LogP contribution is -2.50. The number of anilines is 1. The van der Waals surface area contributed by atoms with Crippen LogP contribution < -0.4 is 19.1 Å². The number of hydrogen-bond donors (Lipinski definition) is 1. The van der Waals surface area contributed by atoms with E-state index < -0.39 is 22.0 Å². The molecule has 9 heteroatoms. The summed E-state index contributed by atoms with van der Waals surface area (Å²) in [5.41, 5.74) is 0.290. The van der Waals surface area contributed by atoms with Crippen LogP contribution in [0.5, 0.6) is 11.5 Å². The van der Waals surface area contributed by atoms with Crippen molar-refractivity contribution in [3.05, 3.63) is 65.7 Å². The number of carbonyl (C=O) groups excluding carboxylic acids is 1. The number of ether oxygens (including phenoxy) is 2. The molecule has 0 saturated carbocycles. The second-order valence-corrected chi connectivity index (χ2v) is 9.72. The smallest absolute Gasteiger partial charge is 0.244 e. The van der Waals surface area contributed by atoms with Crippen LogP contribution in [-0.2, 0) is 14.8 Å². The number of rotatable bonds is 10. The van der Waals surface area contributed by atoms with Gasteiger partial charge in [-0.2, -0.15) is 0 Å². The molecular weight excluding hydrogens is 464 g/mol. The Morgan fingerprint density at radius 3 is 2.45 bits per heavy atom. The summed E-state index contributed by atoms with van der Waals surface area (Å²) in [5.74, 6) is 0.690. The van der Waals surface area contributed by atoms with Crippen LogP contribution in [-0.4, -0.2) is 46.9 Å². The van der Waals surface area contributed by atoms with Gasteiger partial charge >= 0.3 is 0 Å². The quantitative estimate of drug-likeness (QED) is 0.430. The highest BCUT2D eigenvalue weighted by atomic mass is 35.5. The van der Waals surface area contributed by atoms with E-state index in [4.69, 9.17) is 21.1 Å². The summed E-state index contributed by atoms with van der Waals surface area (Å²) in [7, 11) is -2.29. The lowest BCUT2D eigenvalue weighted by atomic mass is 10.1. The van der Waals surface area contributed by atoms with Gasteiger partial charge in [0.05, 0.1) is 30.6 Å². The summed E-state index contributed by atoms with van der Waals surface area (Å²) in [6, 6.07) is 17.4. The number of hydrogen-bond acceptors (Lipinski definition) is 5. The van der Waals surface area contributed by atoms with Crippen LogP contribution in [0.1, 0.15) is 13.3 Å². The van der Waals surface area contributed by atoms with E-state index in [0.29, 0.717) is 11.5 Å². The minimum atomic E-state index is -3.76. The van der Waals surface area contributed by atoms with Gasteiger partial charge in [0.2, 0.25) is 15.9 Å². The van der Waals surface area contributed by atoms with E-state index in [1.165, 1.54) is 13.2 Å². The summed E-state index contributed by atoms with van der Waals surface area (Å²) >= 11 is 6.18. The molecule has 3 aromatic carbocycles. The first-order chi connectivity index (χ1) is 15.7. The highest BCUT2D eigenvalue weighted by Crippen LogP contribution is 2.31. The van der Waals surface area contributed by atoms with Gasteiger partial charge in [0, 0.05) is 0 Å². The SMILES string of the molecule is CC[C@H](C(=O)NCCOc1ccc2ccccc2c1)N(c1ccc(OC)c(Cl)c1)S(C)(=O)=O. The van der Waals surface area contributed by atoms with E-state index in [0.717, 1.165) is 21.3 Å². The largest absolute Gasteiger partial charge is 0.495 e. The van der Waals surface area contributed by atoms with E-state index >= 15 is 0 Å². The summed E-state index contributed by atoms with van der Waals surface area (Å²) in [4.78, 5) is 12.9. The number of nitrogens with zero attached hydrogens (tertiary/aromatic N) is 1. The predicted octanol–water partition coefficient (Wildman–Crippen LogP) is 4.24. The van der Waals surface area contributed by atoms with Gasteiger partial charge in [0.25, 0.3) is 0 Å². The van der Waals surface area contributed by atoms with Crippen LogP contribution in [0.3, 0.4) is 0 Å². The summed E-state index contributed by atoms with van der Waals surface area (Å²) in [5, 5.41) is 5.20. The molecule has 0 unspecified atom stereocenters. The number of halogens is 1. The molecule has 0 radical (unpaired) electrons. The van der Waals surface area contributed by atoms with Gasteiger partial charge < -0.3 is 14.8 Å². The van der Waals surface area contributed by atoms with Crippen LogP contribution in [0.2, 0.25) is 5.02 Å². The predicted molar refractivity (Wildman–Crippen MR) is 132 cm³/mol. The van der Waals surface area contributed by atoms with Crippen LogP contribution in [0.25, 0.3) is 10.8 Å². The maximum atomic E-state index is 12.9. The Hall–Kier alpha value is -2.97. The fraction of sp³-hybridized carbons (Fsp3) is 0.292. The molecule has 0 saturated heterocycles. The van der Waals surface area contributed by atoms with Crippen molar-refractivity contribution in [1.82, 2.24) is 5.32 Å². The summed E-state index contributed by atoms with van der Waals surface area (Å²) in [6.07, 6.45) is 1.33. The molecule has 176 valence electrons. The minimum Gasteiger partial charge on any atom is -0.495 e. The number of carbonyl (C=O) groups is 1. The Kier molecular flexibility index (Phi) is 8.05. The van der Waals surface area contributed by atoms with Gasteiger partial charge in [-0.1, -0.05) is 48.9 Å². The summed E-state index contributed by atoms with van der Waals surface area (Å²) < 4.78 is 37.1. The fourth-order valence-corrected chi connectivity index (χ4v) is 5.03. The van der Waals surface area contributed by atoms with Crippen molar-refractivity contribution >= 4 is 44.0 Å². The van der Waals surface area contributed by atoms with E-state index in [1.54, 1.807) is 19.1 Å². The molecule has 33 heavy (non-hydrogen) atoms. The zero-order chi connectivity index (χ0) is 24.0. The first kappa shape index (κ1) is 24.7. The number of amides is 1. The lowest BCUT2D eigenvalue weighted by Gasteiger charge is -2.30. The normalized spacial score (nSPS) is 12.2. The number of methoxy groups -OCH3 is 1. The van der Waals surface area contributed by atoms with Gasteiger partial charge in [-0.3, -0.25) is 9.10 Å². The third-order valence-corrected chi connectivity index (χ3v) is 6.59. The van der Waals surface area contributed by atoms with E-state index in [-0.39, 0.29) is 30.3 Å². The monoisotopic (exact) mass is 490 g/mol. The van der Waals surface area contributed by atoms with Crippen molar-refractivity contribution in [2.45, 2.75) is 19.4 Å². The maximum Gasteiger partial charge on any atom is 0.244 e. The van der Waals surface area contributed by atoms with E-state index in [9.17, 15) is 13.2 Å². The van der Waals surface area contributed by atoms with Crippen molar-refractivity contribution in [1.29, 1.82) is 0 Å². The average Bonchev–Trinajstić information content (AvgIpc) is 2.79. The lowest BCUT2D eigenvalue weighted by molar-refractivity contribution is -0.122. The van der Waals surface area contributed by atoms with Crippen molar-refractivity contribution < 1.29 is 22.7 Å². The fourth-order valence-electron chi connectivity index (χ4n) is 3.57. The molecule has 0 bridgehead atoms. The van der Waals surface area contributed by atoms with E-state index in [1.807, 2.05) is 42.5 Å². The summed E-state index contributed by atoms with van der Waals surface area (Å²) in [6.45, 7) is 2.22. The van der Waals surface area contributed by atoms with Crippen molar-refractivity contribution in [3.63, 3.8) is 0 Å². The zero-order valence-electron chi connectivity index (χ0n) is 18.7. The third-order valence-electron chi connectivity index (χ3n) is 5.11. The molecule has 0 aliphatic rings. The first-order valence-corrected chi connectivity index (χ1v) is 12.7. The first-order valence-electron chi connectivity index (χ1n) is 10.5. The molecule has 0 fully saturated rings. The van der Waals surface area contributed by atoms with E-state index in [2.05, 4.69) is 5.32 Å². The molecule has 1 atom stereocenters. The average molecular weight is 491 g/mol. The number of fused-ring (bicyclic) bond motifs is 1. The number of nitrogens with one attached hydrogen (secondary N) is 1. The molecular formula is C24H27ClN2O5S. The minimum absolute atomic E-state index is 0.225. The number of sulfonamides is 1. The Labute approximate surface area is 199 Å². The second-order valence-electron chi connectivity index (χ2n) is 7.45. The molecule has 1 amide bonds. The Bertz CT molecular complexity index is 1230. The van der Waals surface area contributed by atoms with Gasteiger partial charge in [-0.15, -0.1) is 0 Å². The van der Waals surface area contributed by atoms with Crippen molar-refractivity contribution in [2.24, 2.45) is 0 Å². The van der Waals surface area contributed by atoms with Crippen LogP contribution in [0.4, 0.5) is 5.69 Å². The molecule has 0 aliphatic heterocycles. The molecule has 1 N–H and O–H groups in total. The number of benzene rings is 3. The van der Waals surface area contributed by atoms with Gasteiger partial charge in [0.15, 0.2) is 0 Å². The van der Waals surface area contributed by atoms with Crippen molar-refractivity contribution in [2.75, 3.05) is 30.8 Å². The van der Waals surface area contributed by atoms with Crippen molar-refractivity contribution in [3.8, 4) is 11.5 Å². The van der Waals surface area contributed by atoms with Crippen LogP contribution >= 0.6 is 11.6 Å². The Morgan fingerprint density at radius 1 is 1.09 bits per heavy atom. The van der Waals surface area contributed by atoms with Crippen LogP contribution in [0.15, 0.2) is 60.7 Å². The molecule has 0 aliphatic carbocycles. The zero-order valence-corrected chi connectivity index (χ0v) is 20.3. The second kappa shape index (κ2) is 10.8. The molecule has 3 rings (SSSR count). The molecule has 7 nitrogen and oxygen atoms in total. The third kappa shape index (κ3) is 6.09. The molecule has 3 aromatic rings. The highest BCUT2D eigenvalue weighted by Gasteiger charge is 2.31.